The molecule has 2 aromatic rings. The number of hydrogen-bond acceptors (Lipinski definition) is 5. The second-order valence-corrected chi connectivity index (χ2v) is 8.37. The first-order valence-corrected chi connectivity index (χ1v) is 9.66. The Morgan fingerprint density at radius 1 is 1.07 bits per heavy atom. The lowest BCUT2D eigenvalue weighted by atomic mass is 10.1. The molecule has 0 radical (unpaired) electrons. The molecule has 1 amide bonds. The molecule has 144 valence electrons. The smallest absolute Gasteiger partial charge is 0.338 e. The van der Waals surface area contributed by atoms with Crippen LogP contribution in [-0.2, 0) is 19.6 Å². The Morgan fingerprint density at radius 2 is 1.70 bits per heavy atom. The van der Waals surface area contributed by atoms with Gasteiger partial charge in [-0.1, -0.05) is 23.8 Å². The van der Waals surface area contributed by atoms with Gasteiger partial charge in [0.1, 0.15) is 0 Å². The summed E-state index contributed by atoms with van der Waals surface area (Å²) in [7, 11) is -0.770. The van der Waals surface area contributed by atoms with E-state index in [1.807, 2.05) is 6.92 Å². The molecule has 0 heterocycles. The number of nitrogens with one attached hydrogen (secondary N) is 1. The predicted octanol–water partition coefficient (Wildman–Crippen LogP) is 2.43. The molecule has 0 aliphatic rings. The molecule has 0 bridgehead atoms. The van der Waals surface area contributed by atoms with Crippen LogP contribution in [0.15, 0.2) is 53.4 Å². The maximum Gasteiger partial charge on any atom is 0.338 e. The van der Waals surface area contributed by atoms with E-state index in [-0.39, 0.29) is 4.90 Å². The molecule has 2 aromatic carbocycles. The van der Waals surface area contributed by atoms with Crippen LogP contribution in [0.2, 0.25) is 0 Å². The van der Waals surface area contributed by atoms with Crippen LogP contribution in [0.1, 0.15) is 22.8 Å². The normalized spacial score (nSPS) is 12.5. The van der Waals surface area contributed by atoms with Gasteiger partial charge in [0, 0.05) is 19.8 Å². The van der Waals surface area contributed by atoms with Crippen molar-refractivity contribution in [2.24, 2.45) is 0 Å². The number of benzene rings is 2. The number of amides is 1. The molecule has 27 heavy (non-hydrogen) atoms. The van der Waals surface area contributed by atoms with Crippen molar-refractivity contribution in [3.8, 4) is 0 Å². The first-order valence-electron chi connectivity index (χ1n) is 8.22. The van der Waals surface area contributed by atoms with Crippen molar-refractivity contribution < 1.29 is 22.7 Å². The summed E-state index contributed by atoms with van der Waals surface area (Å²) >= 11 is 0. The highest BCUT2D eigenvalue weighted by Gasteiger charge is 2.21. The Balaban J connectivity index is 2.06. The van der Waals surface area contributed by atoms with Crippen molar-refractivity contribution >= 4 is 27.6 Å². The Morgan fingerprint density at radius 3 is 2.30 bits per heavy atom. The third-order valence-corrected chi connectivity index (χ3v) is 5.63. The van der Waals surface area contributed by atoms with Crippen molar-refractivity contribution in [3.05, 3.63) is 59.7 Å². The largest absolute Gasteiger partial charge is 0.449 e. The lowest BCUT2D eigenvalue weighted by Crippen LogP contribution is -2.30. The molecule has 7 nitrogen and oxygen atoms in total. The third-order valence-electron chi connectivity index (χ3n) is 3.82. The Kier molecular flexibility index (Phi) is 6.35. The zero-order valence-electron chi connectivity index (χ0n) is 15.6. The van der Waals surface area contributed by atoms with Crippen molar-refractivity contribution in [1.82, 2.24) is 4.31 Å². The van der Waals surface area contributed by atoms with Crippen LogP contribution in [0.5, 0.6) is 0 Å². The van der Waals surface area contributed by atoms with Gasteiger partial charge in [-0.15, -0.1) is 0 Å². The van der Waals surface area contributed by atoms with E-state index in [1.165, 1.54) is 39.2 Å². The number of carbonyl (C=O) groups is 2. The highest BCUT2D eigenvalue weighted by atomic mass is 32.2. The van der Waals surface area contributed by atoms with Gasteiger partial charge in [-0.25, -0.2) is 17.5 Å². The van der Waals surface area contributed by atoms with Crippen LogP contribution < -0.4 is 5.32 Å². The maximum atomic E-state index is 12.3. The summed E-state index contributed by atoms with van der Waals surface area (Å²) in [6.45, 7) is 3.34. The van der Waals surface area contributed by atoms with Crippen LogP contribution in [0.3, 0.4) is 0 Å². The maximum absolute atomic E-state index is 12.3. The average molecular weight is 390 g/mol. The van der Waals surface area contributed by atoms with Crippen LogP contribution in [-0.4, -0.2) is 44.8 Å². The highest BCUT2D eigenvalue weighted by molar-refractivity contribution is 7.89. The number of esters is 1. The molecule has 0 fully saturated rings. The van der Waals surface area contributed by atoms with E-state index >= 15 is 0 Å². The van der Waals surface area contributed by atoms with E-state index in [0.717, 1.165) is 9.87 Å². The second kappa shape index (κ2) is 8.32. The minimum Gasteiger partial charge on any atom is -0.449 e. The predicted molar refractivity (Wildman–Crippen MR) is 102 cm³/mol. The van der Waals surface area contributed by atoms with Crippen molar-refractivity contribution in [3.63, 3.8) is 0 Å². The lowest BCUT2D eigenvalue weighted by Gasteiger charge is -2.15. The number of sulfonamides is 1. The Labute approximate surface area is 159 Å². The number of ether oxygens (including phenoxy) is 1. The Hall–Kier alpha value is -2.71. The summed E-state index contributed by atoms with van der Waals surface area (Å²) in [6, 6.07) is 12.7. The van der Waals surface area contributed by atoms with Gasteiger partial charge in [0.15, 0.2) is 6.10 Å². The van der Waals surface area contributed by atoms with E-state index in [4.69, 9.17) is 4.74 Å². The van der Waals surface area contributed by atoms with E-state index in [0.29, 0.717) is 11.3 Å². The molecule has 0 saturated heterocycles. The van der Waals surface area contributed by atoms with Gasteiger partial charge in [-0.3, -0.25) is 4.79 Å². The average Bonchev–Trinajstić information content (AvgIpc) is 2.62. The number of carbonyl (C=O) groups excluding carboxylic acids is 2. The number of hydrogen-bond donors (Lipinski definition) is 1. The fourth-order valence-corrected chi connectivity index (χ4v) is 3.11. The fraction of sp³-hybridized carbons (Fsp3) is 0.263. The molecule has 0 saturated carbocycles. The topological polar surface area (TPSA) is 92.8 Å². The Bertz CT molecular complexity index is 937. The lowest BCUT2D eigenvalue weighted by molar-refractivity contribution is -0.123. The molecule has 8 heteroatoms. The molecule has 1 atom stereocenters. The van der Waals surface area contributed by atoms with Gasteiger partial charge in [-0.2, -0.15) is 0 Å². The minimum atomic E-state index is -3.62. The van der Waals surface area contributed by atoms with Crippen molar-refractivity contribution in [1.29, 1.82) is 0 Å². The molecular formula is C19H22N2O5S. The molecule has 0 spiro atoms. The number of nitrogens with zero attached hydrogens (tertiary/aromatic N) is 1. The van der Waals surface area contributed by atoms with Gasteiger partial charge < -0.3 is 10.1 Å². The van der Waals surface area contributed by atoms with Crippen molar-refractivity contribution in [2.75, 3.05) is 19.4 Å². The summed E-state index contributed by atoms with van der Waals surface area (Å²) in [5.41, 5.74) is 1.64. The highest BCUT2D eigenvalue weighted by Crippen LogP contribution is 2.18. The van der Waals surface area contributed by atoms with Gasteiger partial charge in [0.25, 0.3) is 5.91 Å². The quantitative estimate of drug-likeness (QED) is 0.765. The van der Waals surface area contributed by atoms with E-state index in [9.17, 15) is 18.0 Å². The van der Waals surface area contributed by atoms with Crippen molar-refractivity contribution in [2.45, 2.75) is 24.8 Å². The van der Waals surface area contributed by atoms with Crippen LogP contribution in [0, 0.1) is 6.92 Å². The van der Waals surface area contributed by atoms with Gasteiger partial charge in [0.2, 0.25) is 10.0 Å². The summed E-state index contributed by atoms with van der Waals surface area (Å²) in [5, 5.41) is 2.56. The fourth-order valence-electron chi connectivity index (χ4n) is 2.16. The summed E-state index contributed by atoms with van der Waals surface area (Å²) < 4.78 is 30.6. The molecule has 0 aromatic heterocycles. The van der Waals surface area contributed by atoms with Gasteiger partial charge >= 0.3 is 5.97 Å². The zero-order chi connectivity index (χ0) is 20.2. The van der Waals surface area contributed by atoms with E-state index in [2.05, 4.69) is 5.32 Å². The molecule has 2 rings (SSSR count). The first kappa shape index (κ1) is 20.6. The summed E-state index contributed by atoms with van der Waals surface area (Å²) in [6.07, 6.45) is -1.05. The number of anilines is 1. The molecule has 0 unspecified atom stereocenters. The first-order chi connectivity index (χ1) is 12.6. The monoisotopic (exact) mass is 390 g/mol. The van der Waals surface area contributed by atoms with E-state index < -0.39 is 28.0 Å². The number of rotatable bonds is 6. The second-order valence-electron chi connectivity index (χ2n) is 6.22. The molecule has 1 N–H and O–H groups in total. The summed E-state index contributed by atoms with van der Waals surface area (Å²) in [5.74, 6) is -1.17. The van der Waals surface area contributed by atoms with E-state index in [1.54, 1.807) is 30.3 Å². The van der Waals surface area contributed by atoms with Gasteiger partial charge in [-0.05, 0) is 44.2 Å². The standard InChI is InChI=1S/C19H22N2O5S/c1-13-8-10-15(11-9-13)19(23)26-14(2)18(22)20-16-6-5-7-17(12-16)27(24,25)21(3)4/h5-12,14H,1-4H3,(H,20,22)/t14-/m1/s1. The third kappa shape index (κ3) is 5.15. The van der Waals surface area contributed by atoms with Crippen LogP contribution in [0.4, 0.5) is 5.69 Å². The van der Waals surface area contributed by atoms with Crippen LogP contribution >= 0.6 is 0 Å². The van der Waals surface area contributed by atoms with Crippen LogP contribution in [0.25, 0.3) is 0 Å². The minimum absolute atomic E-state index is 0.0506. The SMILES string of the molecule is Cc1ccc(C(=O)O[C@H](C)C(=O)Nc2cccc(S(=O)(=O)N(C)C)c2)cc1. The van der Waals surface area contributed by atoms with Gasteiger partial charge in [0.05, 0.1) is 10.5 Å². The molecule has 0 aliphatic heterocycles. The number of aryl methyl sites for hydroxylation is 1. The molecule has 0 aliphatic carbocycles. The summed E-state index contributed by atoms with van der Waals surface area (Å²) in [4.78, 5) is 24.4. The molecular weight excluding hydrogens is 368 g/mol. The zero-order valence-corrected chi connectivity index (χ0v) is 16.4.